The molecule has 0 aliphatic rings. The molecule has 0 bridgehead atoms. The van der Waals surface area contributed by atoms with E-state index in [0.717, 1.165) is 0 Å². The lowest BCUT2D eigenvalue weighted by Crippen LogP contribution is -2.44. The molecule has 6 heteroatoms. The molecule has 0 saturated carbocycles. The highest BCUT2D eigenvalue weighted by Crippen LogP contribution is 2.31. The van der Waals surface area contributed by atoms with E-state index in [4.69, 9.17) is 27.9 Å². The SMILES string of the molecule is CC(C)C(C)NC(=O)NCCOc1cccc(Cl)c1Cl. The Hall–Kier alpha value is -1.13. The number of amides is 2. The van der Waals surface area contributed by atoms with Crippen molar-refractivity contribution in [1.29, 1.82) is 0 Å². The second-order valence-corrected chi connectivity index (χ2v) is 5.62. The van der Waals surface area contributed by atoms with Gasteiger partial charge >= 0.3 is 6.03 Å². The van der Waals surface area contributed by atoms with E-state index in [1.54, 1.807) is 18.2 Å². The molecule has 4 nitrogen and oxygen atoms in total. The zero-order valence-electron chi connectivity index (χ0n) is 11.9. The Morgan fingerprint density at radius 3 is 2.65 bits per heavy atom. The molecular formula is C14H20Cl2N2O2. The van der Waals surface area contributed by atoms with Crippen molar-refractivity contribution in [1.82, 2.24) is 10.6 Å². The molecule has 1 aromatic carbocycles. The molecule has 112 valence electrons. The van der Waals surface area contributed by atoms with Crippen LogP contribution in [0.5, 0.6) is 5.75 Å². The minimum atomic E-state index is -0.202. The molecule has 0 aromatic heterocycles. The number of hydrogen-bond acceptors (Lipinski definition) is 2. The summed E-state index contributed by atoms with van der Waals surface area (Å²) in [6, 6.07) is 5.10. The van der Waals surface area contributed by atoms with E-state index in [1.807, 2.05) is 6.92 Å². The number of urea groups is 1. The van der Waals surface area contributed by atoms with Crippen molar-refractivity contribution in [2.45, 2.75) is 26.8 Å². The van der Waals surface area contributed by atoms with Gasteiger partial charge in [0.25, 0.3) is 0 Å². The van der Waals surface area contributed by atoms with Crippen molar-refractivity contribution >= 4 is 29.2 Å². The number of ether oxygens (including phenoxy) is 1. The van der Waals surface area contributed by atoms with Crippen molar-refractivity contribution in [3.8, 4) is 5.75 Å². The van der Waals surface area contributed by atoms with Crippen LogP contribution in [0.25, 0.3) is 0 Å². The topological polar surface area (TPSA) is 50.4 Å². The first-order valence-electron chi connectivity index (χ1n) is 6.53. The van der Waals surface area contributed by atoms with Crippen molar-refractivity contribution in [2.75, 3.05) is 13.2 Å². The van der Waals surface area contributed by atoms with Crippen molar-refractivity contribution in [3.05, 3.63) is 28.2 Å². The van der Waals surface area contributed by atoms with Crippen LogP contribution in [-0.4, -0.2) is 25.2 Å². The number of carbonyl (C=O) groups excluding carboxylic acids is 1. The molecule has 0 saturated heterocycles. The van der Waals surface area contributed by atoms with Gasteiger partial charge in [-0.15, -0.1) is 0 Å². The number of hydrogen-bond donors (Lipinski definition) is 2. The van der Waals surface area contributed by atoms with Gasteiger partial charge in [0.15, 0.2) is 0 Å². The summed E-state index contributed by atoms with van der Waals surface area (Å²) in [7, 11) is 0. The molecule has 0 aliphatic carbocycles. The van der Waals surface area contributed by atoms with E-state index >= 15 is 0 Å². The average molecular weight is 319 g/mol. The molecule has 1 aromatic rings. The fourth-order valence-electron chi connectivity index (χ4n) is 1.35. The molecule has 0 fully saturated rings. The maximum Gasteiger partial charge on any atom is 0.315 e. The zero-order chi connectivity index (χ0) is 15.1. The van der Waals surface area contributed by atoms with E-state index in [9.17, 15) is 4.79 Å². The maximum atomic E-state index is 11.6. The van der Waals surface area contributed by atoms with Crippen LogP contribution in [-0.2, 0) is 0 Å². The molecule has 2 amide bonds. The van der Waals surface area contributed by atoms with Gasteiger partial charge in [-0.3, -0.25) is 0 Å². The van der Waals surface area contributed by atoms with E-state index < -0.39 is 0 Å². The summed E-state index contributed by atoms with van der Waals surface area (Å²) in [5, 5.41) is 6.39. The second-order valence-electron chi connectivity index (χ2n) is 4.83. The molecule has 1 rings (SSSR count). The van der Waals surface area contributed by atoms with Gasteiger partial charge in [0.05, 0.1) is 11.6 Å². The van der Waals surface area contributed by atoms with Crippen LogP contribution in [0.2, 0.25) is 10.0 Å². The number of benzene rings is 1. The third-order valence-corrected chi connectivity index (χ3v) is 3.72. The fourth-order valence-corrected chi connectivity index (χ4v) is 1.69. The standard InChI is InChI=1S/C14H20Cl2N2O2/c1-9(2)10(3)18-14(19)17-7-8-20-12-6-4-5-11(15)13(12)16/h4-6,9-10H,7-8H2,1-3H3,(H2,17,18,19). The quantitative estimate of drug-likeness (QED) is 0.785. The summed E-state index contributed by atoms with van der Waals surface area (Å²) < 4.78 is 5.46. The predicted octanol–water partition coefficient (Wildman–Crippen LogP) is 3.72. The smallest absolute Gasteiger partial charge is 0.315 e. The highest BCUT2D eigenvalue weighted by molar-refractivity contribution is 6.42. The van der Waals surface area contributed by atoms with Gasteiger partial charge < -0.3 is 15.4 Å². The number of halogens is 2. The fraction of sp³-hybridized carbons (Fsp3) is 0.500. The van der Waals surface area contributed by atoms with Gasteiger partial charge in [0.1, 0.15) is 17.4 Å². The first-order valence-corrected chi connectivity index (χ1v) is 7.28. The third-order valence-electron chi connectivity index (χ3n) is 2.92. The molecule has 0 heterocycles. The molecule has 20 heavy (non-hydrogen) atoms. The Morgan fingerprint density at radius 1 is 1.30 bits per heavy atom. The Morgan fingerprint density at radius 2 is 2.00 bits per heavy atom. The molecule has 2 N–H and O–H groups in total. The Labute approximate surface area is 129 Å². The summed E-state index contributed by atoms with van der Waals surface area (Å²) >= 11 is 11.9. The van der Waals surface area contributed by atoms with Crippen LogP contribution < -0.4 is 15.4 Å². The first kappa shape index (κ1) is 16.9. The summed E-state index contributed by atoms with van der Waals surface area (Å²) in [6.07, 6.45) is 0. The lowest BCUT2D eigenvalue weighted by Gasteiger charge is -2.18. The van der Waals surface area contributed by atoms with Crippen molar-refractivity contribution < 1.29 is 9.53 Å². The molecule has 0 spiro atoms. The number of rotatable bonds is 6. The summed E-state index contributed by atoms with van der Waals surface area (Å²) in [6.45, 7) is 6.78. The van der Waals surface area contributed by atoms with Crippen LogP contribution in [0.4, 0.5) is 4.79 Å². The Balaban J connectivity index is 2.28. The summed E-state index contributed by atoms with van der Waals surface area (Å²) in [5.41, 5.74) is 0. The summed E-state index contributed by atoms with van der Waals surface area (Å²) in [5.74, 6) is 0.902. The van der Waals surface area contributed by atoms with Gasteiger partial charge in [-0.2, -0.15) is 0 Å². The van der Waals surface area contributed by atoms with Crippen LogP contribution in [0.3, 0.4) is 0 Å². The minimum absolute atomic E-state index is 0.123. The van der Waals surface area contributed by atoms with E-state index in [1.165, 1.54) is 0 Å². The first-order chi connectivity index (χ1) is 9.41. The number of carbonyl (C=O) groups is 1. The van der Waals surface area contributed by atoms with E-state index in [-0.39, 0.29) is 12.1 Å². The largest absolute Gasteiger partial charge is 0.490 e. The monoisotopic (exact) mass is 318 g/mol. The van der Waals surface area contributed by atoms with E-state index in [2.05, 4.69) is 24.5 Å². The predicted molar refractivity (Wildman–Crippen MR) is 82.8 cm³/mol. The van der Waals surface area contributed by atoms with Gasteiger partial charge in [-0.1, -0.05) is 43.1 Å². The molecule has 1 atom stereocenters. The minimum Gasteiger partial charge on any atom is -0.490 e. The normalized spacial score (nSPS) is 12.1. The Kier molecular flexibility index (Phi) is 6.96. The number of nitrogens with one attached hydrogen (secondary N) is 2. The molecule has 0 aliphatic heterocycles. The van der Waals surface area contributed by atoms with Gasteiger partial charge in [-0.05, 0) is 25.0 Å². The van der Waals surface area contributed by atoms with E-state index in [0.29, 0.717) is 34.9 Å². The maximum absolute atomic E-state index is 11.6. The van der Waals surface area contributed by atoms with Gasteiger partial charge in [0.2, 0.25) is 0 Å². The van der Waals surface area contributed by atoms with Crippen LogP contribution in [0, 0.1) is 5.92 Å². The van der Waals surface area contributed by atoms with Gasteiger partial charge in [-0.25, -0.2) is 4.79 Å². The molecular weight excluding hydrogens is 299 g/mol. The lowest BCUT2D eigenvalue weighted by atomic mass is 10.1. The lowest BCUT2D eigenvalue weighted by molar-refractivity contribution is 0.230. The highest BCUT2D eigenvalue weighted by Gasteiger charge is 2.10. The second kappa shape index (κ2) is 8.22. The molecule has 0 radical (unpaired) electrons. The zero-order valence-corrected chi connectivity index (χ0v) is 13.4. The average Bonchev–Trinajstić information content (AvgIpc) is 2.39. The van der Waals surface area contributed by atoms with Crippen LogP contribution in [0.15, 0.2) is 18.2 Å². The third kappa shape index (κ3) is 5.47. The summed E-state index contributed by atoms with van der Waals surface area (Å²) in [4.78, 5) is 11.6. The van der Waals surface area contributed by atoms with Crippen LogP contribution >= 0.6 is 23.2 Å². The van der Waals surface area contributed by atoms with Crippen molar-refractivity contribution in [2.24, 2.45) is 5.92 Å². The molecule has 1 unspecified atom stereocenters. The van der Waals surface area contributed by atoms with Crippen molar-refractivity contribution in [3.63, 3.8) is 0 Å². The van der Waals surface area contributed by atoms with Gasteiger partial charge in [0, 0.05) is 6.04 Å². The Bertz CT molecular complexity index is 453. The van der Waals surface area contributed by atoms with Crippen LogP contribution in [0.1, 0.15) is 20.8 Å². The highest BCUT2D eigenvalue weighted by atomic mass is 35.5.